The molecule has 1 aliphatic heterocycles. The normalized spacial score (nSPS) is 17.5. The fourth-order valence-electron chi connectivity index (χ4n) is 3.27. The SMILES string of the molecule is COC[C@H]1CCCN1C(=O)c1cc(N)c2nc(-c3ccco3)nn2c1. The number of amides is 1. The molecule has 0 bridgehead atoms. The van der Waals surface area contributed by atoms with Gasteiger partial charge in [0.1, 0.15) is 0 Å². The van der Waals surface area contributed by atoms with Gasteiger partial charge in [0.25, 0.3) is 5.91 Å². The number of pyridine rings is 1. The zero-order valence-electron chi connectivity index (χ0n) is 13.9. The number of nitrogens with two attached hydrogens (primary N) is 1. The first-order valence-electron chi connectivity index (χ1n) is 8.17. The molecule has 1 saturated heterocycles. The van der Waals surface area contributed by atoms with Crippen molar-refractivity contribution in [3.8, 4) is 11.6 Å². The molecule has 3 aromatic rings. The van der Waals surface area contributed by atoms with E-state index in [0.29, 0.717) is 35.1 Å². The molecule has 1 fully saturated rings. The van der Waals surface area contributed by atoms with Crippen LogP contribution in [-0.4, -0.2) is 51.7 Å². The Hall–Kier alpha value is -2.87. The van der Waals surface area contributed by atoms with Crippen LogP contribution in [0, 0.1) is 0 Å². The summed E-state index contributed by atoms with van der Waals surface area (Å²) in [6, 6.07) is 5.29. The van der Waals surface area contributed by atoms with E-state index < -0.39 is 0 Å². The Morgan fingerprint density at radius 2 is 2.40 bits per heavy atom. The van der Waals surface area contributed by atoms with Crippen LogP contribution in [0.4, 0.5) is 5.69 Å². The van der Waals surface area contributed by atoms with Gasteiger partial charge in [0.15, 0.2) is 11.4 Å². The van der Waals surface area contributed by atoms with Gasteiger partial charge in [0.05, 0.1) is 30.2 Å². The standard InChI is InChI=1S/C17H19N5O3/c1-24-10-12-4-2-6-21(12)17(23)11-8-13(18)16-19-15(20-22(16)9-11)14-5-3-7-25-14/h3,5,7-9,12H,2,4,6,10,18H2,1H3/t12-/m1/s1. The maximum absolute atomic E-state index is 12.9. The van der Waals surface area contributed by atoms with Gasteiger partial charge in [-0.2, -0.15) is 0 Å². The third kappa shape index (κ3) is 2.74. The Balaban J connectivity index is 1.69. The molecule has 0 radical (unpaired) electrons. The van der Waals surface area contributed by atoms with E-state index >= 15 is 0 Å². The van der Waals surface area contributed by atoms with E-state index in [0.717, 1.165) is 19.4 Å². The summed E-state index contributed by atoms with van der Waals surface area (Å²) in [7, 11) is 1.65. The number of anilines is 1. The van der Waals surface area contributed by atoms with E-state index in [-0.39, 0.29) is 11.9 Å². The summed E-state index contributed by atoms with van der Waals surface area (Å²) < 4.78 is 12.1. The highest BCUT2D eigenvalue weighted by Crippen LogP contribution is 2.24. The molecule has 2 N–H and O–H groups in total. The zero-order chi connectivity index (χ0) is 17.4. The van der Waals surface area contributed by atoms with Crippen LogP contribution in [0.5, 0.6) is 0 Å². The van der Waals surface area contributed by atoms with Crippen molar-refractivity contribution in [2.75, 3.05) is 26.0 Å². The summed E-state index contributed by atoms with van der Waals surface area (Å²) in [5.41, 5.74) is 7.49. The van der Waals surface area contributed by atoms with Gasteiger partial charge >= 0.3 is 0 Å². The molecule has 4 rings (SSSR count). The number of fused-ring (bicyclic) bond motifs is 1. The Morgan fingerprint density at radius 1 is 1.52 bits per heavy atom. The molecule has 1 aliphatic rings. The highest BCUT2D eigenvalue weighted by molar-refractivity contribution is 5.96. The van der Waals surface area contributed by atoms with Gasteiger partial charge in [-0.05, 0) is 31.0 Å². The summed E-state index contributed by atoms with van der Waals surface area (Å²) in [4.78, 5) is 19.1. The van der Waals surface area contributed by atoms with E-state index in [9.17, 15) is 4.79 Å². The van der Waals surface area contributed by atoms with Gasteiger partial charge in [-0.3, -0.25) is 4.79 Å². The maximum Gasteiger partial charge on any atom is 0.255 e. The number of rotatable bonds is 4. The number of carbonyl (C=O) groups excluding carboxylic acids is 1. The van der Waals surface area contributed by atoms with Crippen LogP contribution in [0.1, 0.15) is 23.2 Å². The lowest BCUT2D eigenvalue weighted by molar-refractivity contribution is 0.0630. The molecule has 25 heavy (non-hydrogen) atoms. The van der Waals surface area contributed by atoms with E-state index in [2.05, 4.69) is 10.1 Å². The van der Waals surface area contributed by atoms with Crippen LogP contribution < -0.4 is 5.73 Å². The molecule has 3 aromatic heterocycles. The number of hydrogen-bond acceptors (Lipinski definition) is 6. The summed E-state index contributed by atoms with van der Waals surface area (Å²) >= 11 is 0. The van der Waals surface area contributed by atoms with Crippen LogP contribution in [-0.2, 0) is 4.74 Å². The van der Waals surface area contributed by atoms with Gasteiger partial charge in [0.2, 0.25) is 5.82 Å². The van der Waals surface area contributed by atoms with Crippen LogP contribution in [0.2, 0.25) is 0 Å². The second-order valence-corrected chi connectivity index (χ2v) is 6.11. The predicted octanol–water partition coefficient (Wildman–Crippen LogP) is 1.82. The van der Waals surface area contributed by atoms with E-state index in [1.807, 2.05) is 4.90 Å². The van der Waals surface area contributed by atoms with Crippen molar-refractivity contribution in [3.05, 3.63) is 36.2 Å². The molecule has 1 atom stereocenters. The lowest BCUT2D eigenvalue weighted by atomic mass is 10.2. The van der Waals surface area contributed by atoms with Crippen LogP contribution in [0.3, 0.4) is 0 Å². The van der Waals surface area contributed by atoms with Crippen molar-refractivity contribution in [2.24, 2.45) is 0 Å². The monoisotopic (exact) mass is 341 g/mol. The van der Waals surface area contributed by atoms with Gasteiger partial charge in [-0.15, -0.1) is 5.10 Å². The molecule has 8 nitrogen and oxygen atoms in total. The smallest absolute Gasteiger partial charge is 0.255 e. The molecule has 1 amide bonds. The van der Waals surface area contributed by atoms with Crippen molar-refractivity contribution in [3.63, 3.8) is 0 Å². The van der Waals surface area contributed by atoms with E-state index in [4.69, 9.17) is 14.9 Å². The largest absolute Gasteiger partial charge is 0.461 e. The molecule has 0 saturated carbocycles. The number of carbonyl (C=O) groups is 1. The Kier molecular flexibility index (Phi) is 3.89. The summed E-state index contributed by atoms with van der Waals surface area (Å²) in [6.07, 6.45) is 5.14. The number of nitrogen functional groups attached to an aromatic ring is 1. The second-order valence-electron chi connectivity index (χ2n) is 6.11. The minimum absolute atomic E-state index is 0.0665. The highest BCUT2D eigenvalue weighted by atomic mass is 16.5. The number of methoxy groups -OCH3 is 1. The van der Waals surface area contributed by atoms with E-state index in [1.165, 1.54) is 4.52 Å². The molecule has 0 aromatic carbocycles. The van der Waals surface area contributed by atoms with E-state index in [1.54, 1.807) is 37.8 Å². The van der Waals surface area contributed by atoms with Crippen LogP contribution in [0.25, 0.3) is 17.2 Å². The first-order chi connectivity index (χ1) is 12.2. The highest BCUT2D eigenvalue weighted by Gasteiger charge is 2.30. The van der Waals surface area contributed by atoms with Crippen molar-refractivity contribution >= 4 is 17.2 Å². The Bertz CT molecular complexity index is 903. The molecule has 0 spiro atoms. The third-order valence-electron chi connectivity index (χ3n) is 4.45. The second kappa shape index (κ2) is 6.21. The first kappa shape index (κ1) is 15.6. The number of likely N-dealkylation sites (tertiary alicyclic amines) is 1. The molecular weight excluding hydrogens is 322 g/mol. The summed E-state index contributed by atoms with van der Waals surface area (Å²) in [6.45, 7) is 1.26. The summed E-state index contributed by atoms with van der Waals surface area (Å²) in [5, 5.41) is 4.38. The number of ether oxygens (including phenoxy) is 1. The molecule has 4 heterocycles. The molecular formula is C17H19N5O3. The van der Waals surface area contributed by atoms with Gasteiger partial charge in [0, 0.05) is 19.9 Å². The van der Waals surface area contributed by atoms with Crippen LogP contribution in [0.15, 0.2) is 35.1 Å². The molecule has 8 heteroatoms. The zero-order valence-corrected chi connectivity index (χ0v) is 13.9. The number of nitrogens with zero attached hydrogens (tertiary/aromatic N) is 4. The fraction of sp³-hybridized carbons (Fsp3) is 0.353. The minimum atomic E-state index is -0.0665. The molecule has 0 aliphatic carbocycles. The number of aromatic nitrogens is 3. The quantitative estimate of drug-likeness (QED) is 0.777. The van der Waals surface area contributed by atoms with Crippen molar-refractivity contribution < 1.29 is 13.9 Å². The van der Waals surface area contributed by atoms with Crippen LogP contribution >= 0.6 is 0 Å². The summed E-state index contributed by atoms with van der Waals surface area (Å²) in [5.74, 6) is 0.915. The Morgan fingerprint density at radius 3 is 3.16 bits per heavy atom. The maximum atomic E-state index is 12.9. The van der Waals surface area contributed by atoms with Crippen molar-refractivity contribution in [2.45, 2.75) is 18.9 Å². The topological polar surface area (TPSA) is 98.9 Å². The fourth-order valence-corrected chi connectivity index (χ4v) is 3.27. The first-order valence-corrected chi connectivity index (χ1v) is 8.17. The predicted molar refractivity (Wildman–Crippen MR) is 91.0 cm³/mol. The lowest BCUT2D eigenvalue weighted by Crippen LogP contribution is -2.38. The number of furan rings is 1. The average molecular weight is 341 g/mol. The van der Waals surface area contributed by atoms with Gasteiger partial charge in [-0.1, -0.05) is 0 Å². The molecule has 0 unspecified atom stereocenters. The van der Waals surface area contributed by atoms with Gasteiger partial charge in [-0.25, -0.2) is 9.50 Å². The van der Waals surface area contributed by atoms with Gasteiger partial charge < -0.3 is 19.8 Å². The van der Waals surface area contributed by atoms with Crippen molar-refractivity contribution in [1.29, 1.82) is 0 Å². The average Bonchev–Trinajstić information content (AvgIpc) is 3.34. The van der Waals surface area contributed by atoms with Crippen molar-refractivity contribution in [1.82, 2.24) is 19.5 Å². The lowest BCUT2D eigenvalue weighted by Gasteiger charge is -2.24. The molecule has 130 valence electrons. The minimum Gasteiger partial charge on any atom is -0.461 e. The Labute approximate surface area is 144 Å². The number of hydrogen-bond donors (Lipinski definition) is 1. The third-order valence-corrected chi connectivity index (χ3v) is 4.45.